The molecular formula is C51H53F3N2O6. The highest BCUT2D eigenvalue weighted by atomic mass is 19.4. The zero-order valence-corrected chi connectivity index (χ0v) is 35.3. The van der Waals surface area contributed by atoms with Crippen LogP contribution >= 0.6 is 0 Å². The molecule has 1 fully saturated rings. The van der Waals surface area contributed by atoms with E-state index in [1.165, 1.54) is 29.2 Å². The fourth-order valence-electron chi connectivity index (χ4n) is 9.30. The maximum Gasteiger partial charge on any atom is 0.573 e. The molecule has 4 atom stereocenters. The number of carbonyl (C=O) groups excluding carboxylic acids is 2. The molecule has 5 aromatic carbocycles. The van der Waals surface area contributed by atoms with Crippen LogP contribution in [0.25, 0.3) is 11.1 Å². The van der Waals surface area contributed by atoms with Gasteiger partial charge in [-0.25, -0.2) is 4.79 Å². The van der Waals surface area contributed by atoms with Crippen molar-refractivity contribution in [3.05, 3.63) is 161 Å². The van der Waals surface area contributed by atoms with Crippen molar-refractivity contribution in [2.75, 3.05) is 19.0 Å². The molecule has 1 saturated carbocycles. The number of alkyl halides is 3. The first-order valence-corrected chi connectivity index (χ1v) is 21.1. The van der Waals surface area contributed by atoms with Crippen molar-refractivity contribution in [2.24, 2.45) is 5.41 Å². The van der Waals surface area contributed by atoms with Crippen LogP contribution in [0.1, 0.15) is 90.9 Å². The van der Waals surface area contributed by atoms with E-state index >= 15 is 4.79 Å². The molecule has 3 aliphatic carbocycles. The molecule has 11 heteroatoms. The largest absolute Gasteiger partial charge is 0.573 e. The topological polar surface area (TPSA) is 108 Å². The lowest BCUT2D eigenvalue weighted by Gasteiger charge is -2.46. The SMILES string of the molecule is COc1ccc(NC(=O)N(Cc2ccc(OC(F)(F)F)cc2)CC2(O)CCC3c4ccc(cc4C(=O)c4ccccc4-c4ccccc4)CC(O)CCC(C)=CCCC32C)cc1. The number of rotatable bonds is 10. The summed E-state index contributed by atoms with van der Waals surface area (Å²) in [6.07, 6.45) is 0.241. The Morgan fingerprint density at radius 2 is 1.55 bits per heavy atom. The number of benzene rings is 5. The smallest absolute Gasteiger partial charge is 0.497 e. The van der Waals surface area contributed by atoms with E-state index in [0.29, 0.717) is 73.1 Å². The van der Waals surface area contributed by atoms with Crippen molar-refractivity contribution in [2.45, 2.75) is 89.3 Å². The molecule has 2 bridgehead atoms. The first-order valence-electron chi connectivity index (χ1n) is 21.1. The molecule has 0 spiro atoms. The van der Waals surface area contributed by atoms with Gasteiger partial charge in [-0.3, -0.25) is 4.79 Å². The number of aliphatic hydroxyl groups excluding tert-OH is 1. The van der Waals surface area contributed by atoms with E-state index in [1.54, 1.807) is 31.4 Å². The van der Waals surface area contributed by atoms with E-state index in [0.717, 1.165) is 27.8 Å². The molecule has 0 aromatic heterocycles. The average Bonchev–Trinajstić information content (AvgIpc) is 3.51. The lowest BCUT2D eigenvalue weighted by atomic mass is 9.64. The van der Waals surface area contributed by atoms with Gasteiger partial charge in [0.1, 0.15) is 11.5 Å². The molecule has 5 aromatic rings. The van der Waals surface area contributed by atoms with E-state index in [1.807, 2.05) is 86.6 Å². The predicted molar refractivity (Wildman–Crippen MR) is 234 cm³/mol. The molecule has 8 nitrogen and oxygen atoms in total. The number of ether oxygens (including phenoxy) is 2. The van der Waals surface area contributed by atoms with Crippen LogP contribution in [0.2, 0.25) is 0 Å². The fraction of sp³-hybridized carbons (Fsp3) is 0.333. The Hall–Kier alpha value is -5.91. The first kappa shape index (κ1) is 44.2. The third-order valence-corrected chi connectivity index (χ3v) is 12.8. The van der Waals surface area contributed by atoms with Crippen molar-refractivity contribution >= 4 is 17.5 Å². The highest BCUT2D eigenvalue weighted by molar-refractivity contribution is 6.14. The standard InChI is InChI=1S/C51H53F3N2O6/c1-34-10-9-28-49(2)46(43-26-18-36(30-39(57)21-15-34)31-45(43)47(58)44-14-8-7-13-42(44)37-11-5-4-6-12-37)27-29-50(49,60)33-56(48(59)55-38-19-24-40(61-3)25-20-38)32-35-16-22-41(23-17-35)62-51(52,53)54/h4-8,10-14,16-20,22-26,31,39,46,57,60H,9,15,21,27-30,32-33H2,1-3H3,(H,55,59). The number of anilines is 1. The van der Waals surface area contributed by atoms with Crippen LogP contribution in [0.15, 0.2) is 133 Å². The van der Waals surface area contributed by atoms with Crippen LogP contribution in [-0.2, 0) is 13.0 Å². The minimum atomic E-state index is -4.86. The minimum absolute atomic E-state index is 0.0343. The van der Waals surface area contributed by atoms with E-state index in [-0.39, 0.29) is 30.5 Å². The van der Waals surface area contributed by atoms with Crippen LogP contribution < -0.4 is 14.8 Å². The van der Waals surface area contributed by atoms with E-state index in [2.05, 4.69) is 16.1 Å². The van der Waals surface area contributed by atoms with Gasteiger partial charge in [-0.2, -0.15) is 0 Å². The number of amides is 2. The van der Waals surface area contributed by atoms with E-state index in [9.17, 15) is 28.2 Å². The molecule has 324 valence electrons. The third kappa shape index (κ3) is 10.1. The van der Waals surface area contributed by atoms with Gasteiger partial charge in [0.05, 0.1) is 25.4 Å². The second-order valence-electron chi connectivity index (χ2n) is 16.9. The molecule has 62 heavy (non-hydrogen) atoms. The van der Waals surface area contributed by atoms with Crippen molar-refractivity contribution in [1.29, 1.82) is 0 Å². The average molecular weight is 847 g/mol. The van der Waals surface area contributed by atoms with Gasteiger partial charge in [0.15, 0.2) is 5.78 Å². The minimum Gasteiger partial charge on any atom is -0.497 e. The Bertz CT molecular complexity index is 2380. The molecule has 0 heterocycles. The molecular weight excluding hydrogens is 794 g/mol. The molecule has 8 rings (SSSR count). The Morgan fingerprint density at radius 1 is 0.855 bits per heavy atom. The van der Waals surface area contributed by atoms with Crippen LogP contribution in [-0.4, -0.2) is 58.6 Å². The first-order chi connectivity index (χ1) is 29.6. The monoisotopic (exact) mass is 846 g/mol. The van der Waals surface area contributed by atoms with Crippen molar-refractivity contribution in [3.8, 4) is 22.6 Å². The highest BCUT2D eigenvalue weighted by Crippen LogP contribution is 2.59. The molecule has 0 radical (unpaired) electrons. The number of aliphatic hydroxyl groups is 2. The third-order valence-electron chi connectivity index (χ3n) is 12.8. The molecule has 0 saturated heterocycles. The lowest BCUT2D eigenvalue weighted by Crippen LogP contribution is -2.54. The number of fused-ring (bicyclic) bond motifs is 8. The summed E-state index contributed by atoms with van der Waals surface area (Å²) < 4.78 is 48.4. The highest BCUT2D eigenvalue weighted by Gasteiger charge is 2.57. The zero-order chi connectivity index (χ0) is 44.1. The predicted octanol–water partition coefficient (Wildman–Crippen LogP) is 11.3. The van der Waals surface area contributed by atoms with Gasteiger partial charge in [0.2, 0.25) is 0 Å². The van der Waals surface area contributed by atoms with E-state index < -0.39 is 29.5 Å². The van der Waals surface area contributed by atoms with Crippen molar-refractivity contribution < 1.29 is 42.4 Å². The van der Waals surface area contributed by atoms with Gasteiger partial charge < -0.3 is 29.9 Å². The number of allylic oxidation sites excluding steroid dienone is 2. The Labute approximate surface area is 361 Å². The number of hydrogen-bond acceptors (Lipinski definition) is 6. The normalized spacial score (nSPS) is 21.6. The Balaban J connectivity index is 1.29. The van der Waals surface area contributed by atoms with Crippen LogP contribution in [0, 0.1) is 5.41 Å². The summed E-state index contributed by atoms with van der Waals surface area (Å²) in [5.74, 6) is -0.268. The molecule has 3 N–H and O–H groups in total. The second-order valence-corrected chi connectivity index (χ2v) is 16.9. The summed E-state index contributed by atoms with van der Waals surface area (Å²) in [5.41, 5.74) is 4.17. The number of ketones is 1. The fourth-order valence-corrected chi connectivity index (χ4v) is 9.30. The van der Waals surface area contributed by atoms with Gasteiger partial charge in [-0.05, 0) is 128 Å². The molecule has 0 aliphatic heterocycles. The van der Waals surface area contributed by atoms with Gasteiger partial charge in [-0.15, -0.1) is 13.2 Å². The summed E-state index contributed by atoms with van der Waals surface area (Å²) in [6.45, 7) is 3.94. The number of methoxy groups -OCH3 is 1. The number of hydrogen-bond donors (Lipinski definition) is 3. The Kier molecular flexibility index (Phi) is 13.2. The summed E-state index contributed by atoms with van der Waals surface area (Å²) in [5, 5.41) is 27.3. The summed E-state index contributed by atoms with van der Waals surface area (Å²) in [6, 6.07) is 34.8. The van der Waals surface area contributed by atoms with Crippen molar-refractivity contribution in [1.82, 2.24) is 4.90 Å². The number of carbonyl (C=O) groups is 2. The van der Waals surface area contributed by atoms with Gasteiger partial charge in [0, 0.05) is 28.8 Å². The maximum atomic E-state index is 15.1. The number of nitrogens with one attached hydrogen (secondary N) is 1. The number of nitrogens with zero attached hydrogens (tertiary/aromatic N) is 1. The number of halogens is 3. The quantitative estimate of drug-likeness (QED) is 0.0954. The number of urea groups is 1. The van der Waals surface area contributed by atoms with Gasteiger partial charge in [0.25, 0.3) is 0 Å². The molecule has 4 unspecified atom stereocenters. The zero-order valence-electron chi connectivity index (χ0n) is 35.3. The summed E-state index contributed by atoms with van der Waals surface area (Å²) in [4.78, 5) is 30.9. The second kappa shape index (κ2) is 18.6. The van der Waals surface area contributed by atoms with E-state index in [4.69, 9.17) is 4.74 Å². The lowest BCUT2D eigenvalue weighted by molar-refractivity contribution is -0.274. The van der Waals surface area contributed by atoms with Crippen LogP contribution in [0.5, 0.6) is 11.5 Å². The van der Waals surface area contributed by atoms with Gasteiger partial charge >= 0.3 is 12.4 Å². The van der Waals surface area contributed by atoms with Crippen molar-refractivity contribution in [3.63, 3.8) is 0 Å². The maximum absolute atomic E-state index is 15.1. The molecule has 3 aliphatic rings. The van der Waals surface area contributed by atoms with Crippen LogP contribution in [0.3, 0.4) is 0 Å². The summed E-state index contributed by atoms with van der Waals surface area (Å²) >= 11 is 0. The molecule has 2 amide bonds. The Morgan fingerprint density at radius 3 is 2.26 bits per heavy atom. The van der Waals surface area contributed by atoms with Gasteiger partial charge in [-0.1, -0.05) is 97.4 Å². The van der Waals surface area contributed by atoms with Crippen LogP contribution in [0.4, 0.5) is 23.7 Å². The summed E-state index contributed by atoms with van der Waals surface area (Å²) in [7, 11) is 1.54.